The van der Waals surface area contributed by atoms with Gasteiger partial charge in [-0.05, 0) is 44.1 Å². The smallest absolute Gasteiger partial charge is 0.0646 e. The van der Waals surface area contributed by atoms with Crippen molar-refractivity contribution < 1.29 is 4.74 Å². The van der Waals surface area contributed by atoms with Gasteiger partial charge in [0.25, 0.3) is 0 Å². The van der Waals surface area contributed by atoms with Gasteiger partial charge in [-0.2, -0.15) is 0 Å². The standard InChI is InChI=1S/C20H30O.CH4/c1-17(9-8-16-21-5)11-12-18(2)13-14-19-10-6-7-15-20(19,3)4;/h8-14H,6-7,15-16H2,1-5H3;1H4. The van der Waals surface area contributed by atoms with E-state index in [1.807, 2.05) is 6.08 Å². The first-order chi connectivity index (χ1) is 9.95. The van der Waals surface area contributed by atoms with Gasteiger partial charge in [-0.3, -0.25) is 0 Å². The fourth-order valence-corrected chi connectivity index (χ4v) is 2.44. The maximum atomic E-state index is 5.00. The van der Waals surface area contributed by atoms with Crippen molar-refractivity contribution in [2.75, 3.05) is 13.7 Å². The summed E-state index contributed by atoms with van der Waals surface area (Å²) in [5.74, 6) is 0. The molecule has 0 saturated carbocycles. The predicted molar refractivity (Wildman–Crippen MR) is 100 cm³/mol. The zero-order valence-electron chi connectivity index (χ0n) is 14.3. The summed E-state index contributed by atoms with van der Waals surface area (Å²) >= 11 is 0. The highest BCUT2D eigenvalue weighted by molar-refractivity contribution is 5.34. The molecule has 0 heterocycles. The molecule has 0 atom stereocenters. The molecule has 0 radical (unpaired) electrons. The van der Waals surface area contributed by atoms with E-state index in [-0.39, 0.29) is 7.43 Å². The van der Waals surface area contributed by atoms with Gasteiger partial charge in [-0.15, -0.1) is 0 Å². The van der Waals surface area contributed by atoms with Crippen molar-refractivity contribution in [3.05, 3.63) is 59.3 Å². The van der Waals surface area contributed by atoms with Gasteiger partial charge < -0.3 is 4.74 Å². The molecular formula is C21H34O. The average molecular weight is 303 g/mol. The molecule has 0 aliphatic heterocycles. The van der Waals surface area contributed by atoms with Gasteiger partial charge in [-0.1, -0.05) is 75.0 Å². The third kappa shape index (κ3) is 7.61. The number of ether oxygens (including phenoxy) is 1. The zero-order valence-corrected chi connectivity index (χ0v) is 14.3. The fraction of sp³-hybridized carbons (Fsp3) is 0.524. The first-order valence-electron chi connectivity index (χ1n) is 7.85. The quantitative estimate of drug-likeness (QED) is 0.515. The van der Waals surface area contributed by atoms with Gasteiger partial charge in [0.1, 0.15) is 0 Å². The van der Waals surface area contributed by atoms with E-state index in [0.29, 0.717) is 12.0 Å². The Morgan fingerprint density at radius 2 is 1.82 bits per heavy atom. The molecule has 0 bridgehead atoms. The summed E-state index contributed by atoms with van der Waals surface area (Å²) in [6.45, 7) is 9.59. The Morgan fingerprint density at radius 3 is 2.41 bits per heavy atom. The molecule has 0 N–H and O–H groups in total. The number of methoxy groups -OCH3 is 1. The summed E-state index contributed by atoms with van der Waals surface area (Å²) in [5.41, 5.74) is 4.31. The lowest BCUT2D eigenvalue weighted by Crippen LogP contribution is -2.16. The summed E-state index contributed by atoms with van der Waals surface area (Å²) in [6.07, 6.45) is 19.1. The number of hydrogen-bond acceptors (Lipinski definition) is 1. The molecule has 0 unspecified atom stereocenters. The largest absolute Gasteiger partial charge is 0.381 e. The maximum absolute atomic E-state index is 5.00. The minimum Gasteiger partial charge on any atom is -0.381 e. The second-order valence-corrected chi connectivity index (χ2v) is 6.45. The summed E-state index contributed by atoms with van der Waals surface area (Å²) in [5, 5.41) is 0. The fourth-order valence-electron chi connectivity index (χ4n) is 2.44. The molecule has 1 nitrogen and oxygen atoms in total. The Kier molecular flexibility index (Phi) is 9.76. The van der Waals surface area contributed by atoms with Crippen LogP contribution in [0.1, 0.15) is 54.4 Å². The highest BCUT2D eigenvalue weighted by Crippen LogP contribution is 2.37. The molecule has 1 aliphatic rings. The molecule has 1 aliphatic carbocycles. The van der Waals surface area contributed by atoms with Crippen LogP contribution in [0.15, 0.2) is 59.3 Å². The monoisotopic (exact) mass is 302 g/mol. The van der Waals surface area contributed by atoms with Crippen LogP contribution >= 0.6 is 0 Å². The van der Waals surface area contributed by atoms with Crippen LogP contribution in [0.2, 0.25) is 0 Å². The Hall–Kier alpha value is -1.34. The predicted octanol–water partition coefficient (Wildman–Crippen LogP) is 6.41. The van der Waals surface area contributed by atoms with Crippen molar-refractivity contribution in [1.29, 1.82) is 0 Å². The van der Waals surface area contributed by atoms with Crippen molar-refractivity contribution in [2.45, 2.75) is 54.4 Å². The van der Waals surface area contributed by atoms with E-state index in [9.17, 15) is 0 Å². The molecule has 0 spiro atoms. The van der Waals surface area contributed by atoms with Crippen LogP contribution in [0.3, 0.4) is 0 Å². The van der Waals surface area contributed by atoms with Crippen molar-refractivity contribution >= 4 is 0 Å². The molecule has 0 aromatic carbocycles. The van der Waals surface area contributed by atoms with Crippen LogP contribution in [0.4, 0.5) is 0 Å². The SMILES string of the molecule is C.COCC=CC(C)=CC=C(C)C=CC1=CCCCC1(C)C. The van der Waals surface area contributed by atoms with Gasteiger partial charge in [-0.25, -0.2) is 0 Å². The molecular weight excluding hydrogens is 268 g/mol. The van der Waals surface area contributed by atoms with Gasteiger partial charge in [0.2, 0.25) is 0 Å². The van der Waals surface area contributed by atoms with E-state index in [1.165, 1.54) is 36.0 Å². The van der Waals surface area contributed by atoms with Crippen molar-refractivity contribution in [1.82, 2.24) is 0 Å². The topological polar surface area (TPSA) is 9.23 Å². The van der Waals surface area contributed by atoms with Crippen molar-refractivity contribution in [2.24, 2.45) is 5.41 Å². The minimum absolute atomic E-state index is 0. The molecule has 0 amide bonds. The molecule has 1 heteroatoms. The van der Waals surface area contributed by atoms with Crippen molar-refractivity contribution in [3.8, 4) is 0 Å². The lowest BCUT2D eigenvalue weighted by molar-refractivity contribution is 0.234. The van der Waals surface area contributed by atoms with Crippen LogP contribution in [-0.2, 0) is 4.74 Å². The number of allylic oxidation sites excluding steroid dienone is 9. The summed E-state index contributed by atoms with van der Waals surface area (Å²) in [4.78, 5) is 0. The van der Waals surface area contributed by atoms with Crippen LogP contribution in [0, 0.1) is 5.41 Å². The van der Waals surface area contributed by atoms with Gasteiger partial charge in [0.05, 0.1) is 6.61 Å². The van der Waals surface area contributed by atoms with Crippen molar-refractivity contribution in [3.63, 3.8) is 0 Å². The highest BCUT2D eigenvalue weighted by atomic mass is 16.5. The lowest BCUT2D eigenvalue weighted by Gasteiger charge is -2.30. The van der Waals surface area contributed by atoms with E-state index in [4.69, 9.17) is 4.74 Å². The number of hydrogen-bond donors (Lipinski definition) is 0. The highest BCUT2D eigenvalue weighted by Gasteiger charge is 2.23. The van der Waals surface area contributed by atoms with E-state index in [0.717, 1.165) is 0 Å². The van der Waals surface area contributed by atoms with Crippen LogP contribution in [0.25, 0.3) is 0 Å². The molecule has 22 heavy (non-hydrogen) atoms. The molecule has 0 aromatic heterocycles. The van der Waals surface area contributed by atoms with Crippen LogP contribution < -0.4 is 0 Å². The third-order valence-corrected chi connectivity index (χ3v) is 3.93. The van der Waals surface area contributed by atoms with E-state index < -0.39 is 0 Å². The third-order valence-electron chi connectivity index (χ3n) is 3.93. The van der Waals surface area contributed by atoms with E-state index in [1.54, 1.807) is 7.11 Å². The summed E-state index contributed by atoms with van der Waals surface area (Å²) in [7, 11) is 1.71. The Morgan fingerprint density at radius 1 is 1.18 bits per heavy atom. The Bertz CT molecular complexity index is 470. The Labute approximate surface area is 138 Å². The maximum Gasteiger partial charge on any atom is 0.0646 e. The molecule has 1 rings (SSSR count). The minimum atomic E-state index is 0. The second-order valence-electron chi connectivity index (χ2n) is 6.45. The first-order valence-corrected chi connectivity index (χ1v) is 7.85. The van der Waals surface area contributed by atoms with E-state index in [2.05, 4.69) is 64.2 Å². The average Bonchev–Trinajstić information content (AvgIpc) is 2.44. The first kappa shape index (κ1) is 20.7. The summed E-state index contributed by atoms with van der Waals surface area (Å²) in [6, 6.07) is 0. The number of rotatable bonds is 6. The van der Waals surface area contributed by atoms with Gasteiger partial charge >= 0.3 is 0 Å². The van der Waals surface area contributed by atoms with Gasteiger partial charge in [0.15, 0.2) is 0 Å². The molecule has 124 valence electrons. The Balaban J connectivity index is 0.00000441. The molecule has 0 saturated heterocycles. The van der Waals surface area contributed by atoms with Gasteiger partial charge in [0, 0.05) is 7.11 Å². The van der Waals surface area contributed by atoms with Crippen LogP contribution in [-0.4, -0.2) is 13.7 Å². The zero-order chi connectivity index (χ0) is 15.7. The molecule has 0 fully saturated rings. The van der Waals surface area contributed by atoms with Crippen LogP contribution in [0.5, 0.6) is 0 Å². The normalized spacial score (nSPS) is 19.4. The molecule has 0 aromatic rings. The summed E-state index contributed by atoms with van der Waals surface area (Å²) < 4.78 is 5.00. The lowest BCUT2D eigenvalue weighted by atomic mass is 9.75. The van der Waals surface area contributed by atoms with E-state index >= 15 is 0 Å². The second kappa shape index (κ2) is 10.4.